The Balaban J connectivity index is 1.43. The molecule has 2 atom stereocenters. The predicted molar refractivity (Wildman–Crippen MR) is 104 cm³/mol. The fraction of sp³-hybridized carbons (Fsp3) is 0.286. The highest BCUT2D eigenvalue weighted by molar-refractivity contribution is 8.15. The number of thioether (sulfide) groups is 1. The van der Waals surface area contributed by atoms with Crippen LogP contribution in [-0.2, 0) is 10.2 Å². The number of benzene rings is 2. The highest BCUT2D eigenvalue weighted by Gasteiger charge is 2.44. The van der Waals surface area contributed by atoms with Gasteiger partial charge < -0.3 is 5.32 Å². The van der Waals surface area contributed by atoms with E-state index in [9.17, 15) is 14.4 Å². The number of carbonyl (C=O) groups is 1. The first-order chi connectivity index (χ1) is 13.0. The Kier molecular flexibility index (Phi) is 4.48. The Hall–Kier alpha value is -2.65. The second-order valence-electron chi connectivity index (χ2n) is 6.99. The van der Waals surface area contributed by atoms with E-state index in [1.807, 2.05) is 31.2 Å². The van der Waals surface area contributed by atoms with Crippen LogP contribution in [0.2, 0.25) is 0 Å². The third-order valence-electron chi connectivity index (χ3n) is 5.11. The minimum absolute atomic E-state index is 0.0869. The van der Waals surface area contributed by atoms with Gasteiger partial charge in [-0.2, -0.15) is 10.3 Å². The normalized spacial score (nSPS) is 21.3. The van der Waals surface area contributed by atoms with Crippen LogP contribution in [0.4, 0.5) is 4.39 Å². The first-order valence-corrected chi connectivity index (χ1v) is 9.72. The van der Waals surface area contributed by atoms with Crippen LogP contribution in [0, 0.1) is 17.1 Å². The zero-order valence-electron chi connectivity index (χ0n) is 14.8. The summed E-state index contributed by atoms with van der Waals surface area (Å²) < 4.78 is 13.1. The molecule has 6 heteroatoms. The van der Waals surface area contributed by atoms with Crippen LogP contribution in [0.3, 0.4) is 0 Å². The molecule has 1 saturated carbocycles. The molecule has 1 unspecified atom stereocenters. The number of carbonyl (C=O) groups excluding carboxylic acids is 1. The summed E-state index contributed by atoms with van der Waals surface area (Å²) in [4.78, 5) is 16.5. The highest BCUT2D eigenvalue weighted by atomic mass is 32.2. The van der Waals surface area contributed by atoms with Gasteiger partial charge in [-0.15, -0.1) is 0 Å². The fourth-order valence-corrected chi connectivity index (χ4v) is 4.27. The van der Waals surface area contributed by atoms with Gasteiger partial charge in [0.15, 0.2) is 5.17 Å². The maximum Gasteiger partial charge on any atom is 0.266 e. The lowest BCUT2D eigenvalue weighted by Gasteiger charge is -2.15. The minimum Gasteiger partial charge on any atom is -0.358 e. The molecule has 0 bridgehead atoms. The molecule has 2 aromatic carbocycles. The fourth-order valence-electron chi connectivity index (χ4n) is 3.21. The molecule has 27 heavy (non-hydrogen) atoms. The minimum atomic E-state index is -0.376. The van der Waals surface area contributed by atoms with Crippen molar-refractivity contribution in [3.63, 3.8) is 0 Å². The van der Waals surface area contributed by atoms with Gasteiger partial charge in [-0.05, 0) is 48.6 Å². The highest BCUT2D eigenvalue weighted by Crippen LogP contribution is 2.48. The molecule has 4 rings (SSSR count). The maximum atomic E-state index is 13.1. The monoisotopic (exact) mass is 379 g/mol. The third kappa shape index (κ3) is 3.47. The number of rotatable bonds is 4. The van der Waals surface area contributed by atoms with Gasteiger partial charge in [0.2, 0.25) is 0 Å². The molecule has 4 nitrogen and oxygen atoms in total. The number of nitrogens with one attached hydrogen (secondary N) is 1. The molecule has 0 radical (unpaired) electrons. The number of nitriles is 1. The first-order valence-electron chi connectivity index (χ1n) is 8.84. The van der Waals surface area contributed by atoms with E-state index >= 15 is 0 Å². The molecule has 1 aliphatic heterocycles. The van der Waals surface area contributed by atoms with Gasteiger partial charge in [-0.1, -0.05) is 48.2 Å². The summed E-state index contributed by atoms with van der Waals surface area (Å²) in [6, 6.07) is 16.3. The number of amides is 1. The number of hydrogen-bond acceptors (Lipinski definition) is 4. The summed E-state index contributed by atoms with van der Waals surface area (Å²) in [6.07, 6.45) is 1.80. The van der Waals surface area contributed by atoms with E-state index in [0.717, 1.165) is 29.5 Å². The number of hydrogen-bond donors (Lipinski definition) is 1. The second kappa shape index (κ2) is 6.82. The van der Waals surface area contributed by atoms with Crippen molar-refractivity contribution in [1.82, 2.24) is 5.32 Å². The quantitative estimate of drug-likeness (QED) is 0.855. The van der Waals surface area contributed by atoms with Crippen molar-refractivity contribution in [2.45, 2.75) is 36.5 Å². The third-order valence-corrected chi connectivity index (χ3v) is 6.25. The smallest absolute Gasteiger partial charge is 0.266 e. The molecule has 1 amide bonds. The number of aliphatic imine (C=N–C) groups is 1. The number of halogens is 1. The SMILES string of the molecule is C[C@H](NC1=NC(=O)C(c2ccc(C3(C#N)CC3)cc2)S1)c1ccc(F)cc1. The van der Waals surface area contributed by atoms with E-state index in [4.69, 9.17) is 0 Å². The van der Waals surface area contributed by atoms with Crippen LogP contribution in [0.5, 0.6) is 0 Å². The summed E-state index contributed by atoms with van der Waals surface area (Å²) in [7, 11) is 0. The Morgan fingerprint density at radius 1 is 1.22 bits per heavy atom. The summed E-state index contributed by atoms with van der Waals surface area (Å²) >= 11 is 1.38. The zero-order chi connectivity index (χ0) is 19.0. The van der Waals surface area contributed by atoms with Gasteiger partial charge in [0.05, 0.1) is 17.5 Å². The Bertz CT molecular complexity index is 943. The van der Waals surface area contributed by atoms with Gasteiger partial charge >= 0.3 is 0 Å². The summed E-state index contributed by atoms with van der Waals surface area (Å²) in [6.45, 7) is 1.94. The van der Waals surface area contributed by atoms with Crippen molar-refractivity contribution in [2.75, 3.05) is 0 Å². The van der Waals surface area contributed by atoms with Crippen molar-refractivity contribution in [2.24, 2.45) is 4.99 Å². The average molecular weight is 379 g/mol. The van der Waals surface area contributed by atoms with Gasteiger partial charge in [0.1, 0.15) is 11.1 Å². The maximum absolute atomic E-state index is 13.1. The molecular formula is C21H18FN3OS. The molecule has 1 fully saturated rings. The van der Waals surface area contributed by atoms with Crippen LogP contribution in [-0.4, -0.2) is 11.1 Å². The van der Waals surface area contributed by atoms with Crippen molar-refractivity contribution in [1.29, 1.82) is 5.26 Å². The lowest BCUT2D eigenvalue weighted by Crippen LogP contribution is -2.23. The van der Waals surface area contributed by atoms with E-state index < -0.39 is 0 Å². The molecule has 2 aromatic rings. The van der Waals surface area contributed by atoms with Gasteiger partial charge in [0, 0.05) is 0 Å². The molecular weight excluding hydrogens is 361 g/mol. The van der Waals surface area contributed by atoms with Crippen molar-refractivity contribution in [3.8, 4) is 6.07 Å². The molecule has 0 spiro atoms. The van der Waals surface area contributed by atoms with E-state index in [1.165, 1.54) is 23.9 Å². The number of amidine groups is 1. The lowest BCUT2D eigenvalue weighted by atomic mass is 9.96. The summed E-state index contributed by atoms with van der Waals surface area (Å²) in [5, 5.41) is 12.7. The van der Waals surface area contributed by atoms with Crippen molar-refractivity contribution >= 4 is 22.8 Å². The van der Waals surface area contributed by atoms with Crippen molar-refractivity contribution in [3.05, 3.63) is 71.0 Å². The molecule has 0 saturated heterocycles. The molecule has 1 N–H and O–H groups in total. The largest absolute Gasteiger partial charge is 0.358 e. The van der Waals surface area contributed by atoms with E-state index in [-0.39, 0.29) is 28.4 Å². The molecule has 136 valence electrons. The molecule has 1 aliphatic carbocycles. The van der Waals surface area contributed by atoms with Crippen LogP contribution in [0.25, 0.3) is 0 Å². The van der Waals surface area contributed by atoms with Crippen molar-refractivity contribution < 1.29 is 9.18 Å². The number of nitrogens with zero attached hydrogens (tertiary/aromatic N) is 2. The Morgan fingerprint density at radius 2 is 1.89 bits per heavy atom. The molecule has 2 aliphatic rings. The van der Waals surface area contributed by atoms with Gasteiger partial charge in [-0.3, -0.25) is 4.79 Å². The zero-order valence-corrected chi connectivity index (χ0v) is 15.6. The predicted octanol–water partition coefficient (Wildman–Crippen LogP) is 4.40. The summed E-state index contributed by atoms with van der Waals surface area (Å²) in [5.41, 5.74) is 2.51. The van der Waals surface area contributed by atoms with Gasteiger partial charge in [-0.25, -0.2) is 4.39 Å². The van der Waals surface area contributed by atoms with Crippen LogP contribution >= 0.6 is 11.8 Å². The topological polar surface area (TPSA) is 65.2 Å². The van der Waals surface area contributed by atoms with Crippen LogP contribution in [0.1, 0.15) is 47.7 Å². The van der Waals surface area contributed by atoms with E-state index in [0.29, 0.717) is 5.17 Å². The van der Waals surface area contributed by atoms with E-state index in [1.54, 1.807) is 12.1 Å². The van der Waals surface area contributed by atoms with E-state index in [2.05, 4.69) is 16.4 Å². The first kappa shape index (κ1) is 17.7. The standard InChI is InChI=1S/C21H18FN3OS/c1-13(14-4-8-17(22)9-5-14)24-20-25-19(26)18(27-20)15-2-6-16(7-3-15)21(12-23)10-11-21/h2-9,13,18H,10-11H2,1H3,(H,24,25,26)/t13-,18?/m0/s1. The molecule has 0 aromatic heterocycles. The lowest BCUT2D eigenvalue weighted by molar-refractivity contribution is -0.117. The average Bonchev–Trinajstić information content (AvgIpc) is 3.40. The summed E-state index contributed by atoms with van der Waals surface area (Å²) in [5.74, 6) is -0.468. The Labute approximate surface area is 161 Å². The van der Waals surface area contributed by atoms with Crippen LogP contribution < -0.4 is 5.32 Å². The van der Waals surface area contributed by atoms with Gasteiger partial charge in [0.25, 0.3) is 5.91 Å². The Morgan fingerprint density at radius 3 is 2.48 bits per heavy atom. The van der Waals surface area contributed by atoms with Crippen LogP contribution in [0.15, 0.2) is 53.5 Å². The second-order valence-corrected chi connectivity index (χ2v) is 8.08. The molecule has 1 heterocycles.